The van der Waals surface area contributed by atoms with Crippen molar-refractivity contribution in [3.05, 3.63) is 29.8 Å². The second-order valence-electron chi connectivity index (χ2n) is 5.22. The predicted molar refractivity (Wildman–Crippen MR) is 76.7 cm³/mol. The van der Waals surface area contributed by atoms with E-state index in [0.29, 0.717) is 30.6 Å². The number of urea groups is 1. The van der Waals surface area contributed by atoms with Crippen LogP contribution in [0.2, 0.25) is 0 Å². The molecule has 110 valence electrons. The molecule has 0 saturated carbocycles. The number of amides is 2. The summed E-state index contributed by atoms with van der Waals surface area (Å²) in [6, 6.07) is 8.27. The Balaban J connectivity index is 1.97. The highest BCUT2D eigenvalue weighted by Crippen LogP contribution is 2.23. The van der Waals surface area contributed by atoms with Gasteiger partial charge in [0.05, 0.1) is 17.6 Å². The van der Waals surface area contributed by atoms with E-state index in [1.807, 2.05) is 13.0 Å². The molecule has 0 radical (unpaired) electrons. The number of carbonyl (C=O) groups excluding carboxylic acids is 1. The van der Waals surface area contributed by atoms with Crippen LogP contribution in [0.1, 0.15) is 25.3 Å². The lowest BCUT2D eigenvalue weighted by Crippen LogP contribution is -2.47. The average molecular weight is 287 g/mol. The minimum atomic E-state index is -0.797. The number of piperidine rings is 1. The summed E-state index contributed by atoms with van der Waals surface area (Å²) >= 11 is 0. The van der Waals surface area contributed by atoms with E-state index in [0.717, 1.165) is 0 Å². The highest BCUT2D eigenvalue weighted by Gasteiger charge is 2.32. The molecular weight excluding hydrogens is 270 g/mol. The van der Waals surface area contributed by atoms with Gasteiger partial charge in [0.15, 0.2) is 0 Å². The Morgan fingerprint density at radius 3 is 2.57 bits per heavy atom. The molecule has 0 aliphatic carbocycles. The van der Waals surface area contributed by atoms with E-state index in [1.165, 1.54) is 0 Å². The number of rotatable bonds is 2. The van der Waals surface area contributed by atoms with E-state index >= 15 is 0 Å². The van der Waals surface area contributed by atoms with Crippen molar-refractivity contribution in [3.8, 4) is 6.07 Å². The fourth-order valence-corrected chi connectivity index (χ4v) is 2.52. The standard InChI is InChI=1S/C15H17N3O3/c1-10-8-12(14(19)20)6-7-18(10)15(21)17-13-4-2-11(9-16)3-5-13/h2-5,10,12H,6-8H2,1H3,(H,17,21)(H,19,20). The molecule has 0 bridgehead atoms. The Labute approximate surface area is 123 Å². The SMILES string of the molecule is CC1CC(C(=O)O)CCN1C(=O)Nc1ccc(C#N)cc1. The van der Waals surface area contributed by atoms with Crippen LogP contribution in [0.25, 0.3) is 0 Å². The maximum absolute atomic E-state index is 12.2. The molecule has 1 aliphatic rings. The van der Waals surface area contributed by atoms with Gasteiger partial charge in [0, 0.05) is 18.3 Å². The number of likely N-dealkylation sites (tertiary alicyclic amines) is 1. The van der Waals surface area contributed by atoms with Crippen LogP contribution in [0.15, 0.2) is 24.3 Å². The van der Waals surface area contributed by atoms with Gasteiger partial charge in [0.25, 0.3) is 0 Å². The van der Waals surface area contributed by atoms with Crippen molar-refractivity contribution < 1.29 is 14.7 Å². The lowest BCUT2D eigenvalue weighted by molar-refractivity contribution is -0.143. The number of hydrogen-bond donors (Lipinski definition) is 2. The zero-order valence-electron chi connectivity index (χ0n) is 11.7. The van der Waals surface area contributed by atoms with E-state index in [9.17, 15) is 9.59 Å². The molecule has 0 spiro atoms. The van der Waals surface area contributed by atoms with Crippen LogP contribution < -0.4 is 5.32 Å². The summed E-state index contributed by atoms with van der Waals surface area (Å²) in [6.07, 6.45) is 0.941. The van der Waals surface area contributed by atoms with E-state index < -0.39 is 5.97 Å². The Morgan fingerprint density at radius 2 is 2.05 bits per heavy atom. The number of anilines is 1. The number of nitrogens with one attached hydrogen (secondary N) is 1. The summed E-state index contributed by atoms with van der Waals surface area (Å²) in [4.78, 5) is 24.8. The Bertz CT molecular complexity index is 577. The van der Waals surface area contributed by atoms with Crippen molar-refractivity contribution in [2.75, 3.05) is 11.9 Å². The third-order valence-corrected chi connectivity index (χ3v) is 3.75. The number of nitriles is 1. The summed E-state index contributed by atoms with van der Waals surface area (Å²) < 4.78 is 0. The van der Waals surface area contributed by atoms with Crippen molar-refractivity contribution in [2.45, 2.75) is 25.8 Å². The number of benzene rings is 1. The van der Waals surface area contributed by atoms with Gasteiger partial charge in [0.1, 0.15) is 0 Å². The molecule has 6 nitrogen and oxygen atoms in total. The Morgan fingerprint density at radius 1 is 1.38 bits per heavy atom. The molecule has 2 rings (SSSR count). The fraction of sp³-hybridized carbons (Fsp3) is 0.400. The van der Waals surface area contributed by atoms with Crippen LogP contribution in [0.3, 0.4) is 0 Å². The summed E-state index contributed by atoms with van der Waals surface area (Å²) in [5.74, 6) is -1.17. The Hall–Kier alpha value is -2.55. The number of carboxylic acids is 1. The van der Waals surface area contributed by atoms with Gasteiger partial charge in [-0.3, -0.25) is 4.79 Å². The minimum Gasteiger partial charge on any atom is -0.481 e. The summed E-state index contributed by atoms with van der Waals surface area (Å²) in [7, 11) is 0. The fourth-order valence-electron chi connectivity index (χ4n) is 2.52. The largest absolute Gasteiger partial charge is 0.481 e. The van der Waals surface area contributed by atoms with Crippen molar-refractivity contribution in [2.24, 2.45) is 5.92 Å². The van der Waals surface area contributed by atoms with Crippen molar-refractivity contribution >= 4 is 17.7 Å². The van der Waals surface area contributed by atoms with Gasteiger partial charge in [-0.25, -0.2) is 4.79 Å². The molecule has 1 aromatic carbocycles. The van der Waals surface area contributed by atoms with Crippen molar-refractivity contribution in [1.82, 2.24) is 4.90 Å². The summed E-state index contributed by atoms with van der Waals surface area (Å²) in [6.45, 7) is 2.29. The van der Waals surface area contributed by atoms with Crippen molar-refractivity contribution in [1.29, 1.82) is 5.26 Å². The molecule has 2 N–H and O–H groups in total. The molecule has 1 aliphatic heterocycles. The first-order valence-electron chi connectivity index (χ1n) is 6.82. The zero-order chi connectivity index (χ0) is 15.4. The Kier molecular flexibility index (Phi) is 4.43. The number of aliphatic carboxylic acids is 1. The average Bonchev–Trinajstić information content (AvgIpc) is 2.47. The molecule has 2 unspecified atom stereocenters. The van der Waals surface area contributed by atoms with Crippen LogP contribution in [0.5, 0.6) is 0 Å². The first-order chi connectivity index (χ1) is 10.0. The minimum absolute atomic E-state index is 0.113. The third-order valence-electron chi connectivity index (χ3n) is 3.75. The first-order valence-corrected chi connectivity index (χ1v) is 6.82. The van der Waals surface area contributed by atoms with E-state index in [-0.39, 0.29) is 18.0 Å². The lowest BCUT2D eigenvalue weighted by Gasteiger charge is -2.36. The second kappa shape index (κ2) is 6.27. The maximum Gasteiger partial charge on any atom is 0.322 e. The zero-order valence-corrected chi connectivity index (χ0v) is 11.7. The molecule has 0 aromatic heterocycles. The third kappa shape index (κ3) is 3.51. The smallest absolute Gasteiger partial charge is 0.322 e. The number of nitrogens with zero attached hydrogens (tertiary/aromatic N) is 2. The normalized spacial score (nSPS) is 21.4. The molecular formula is C15H17N3O3. The monoisotopic (exact) mass is 287 g/mol. The molecule has 1 aromatic rings. The van der Waals surface area contributed by atoms with Crippen molar-refractivity contribution in [3.63, 3.8) is 0 Å². The summed E-state index contributed by atoms with van der Waals surface area (Å²) in [5, 5.41) is 20.5. The maximum atomic E-state index is 12.2. The van der Waals surface area contributed by atoms with Gasteiger partial charge < -0.3 is 15.3 Å². The van der Waals surface area contributed by atoms with Crippen LogP contribution in [0.4, 0.5) is 10.5 Å². The van der Waals surface area contributed by atoms with Crippen LogP contribution in [-0.2, 0) is 4.79 Å². The molecule has 6 heteroatoms. The predicted octanol–water partition coefficient (Wildman–Crippen LogP) is 2.28. The van der Waals surface area contributed by atoms with Gasteiger partial charge in [-0.15, -0.1) is 0 Å². The van der Waals surface area contributed by atoms with Crippen LogP contribution >= 0.6 is 0 Å². The molecule has 1 heterocycles. The van der Waals surface area contributed by atoms with E-state index in [1.54, 1.807) is 29.2 Å². The number of hydrogen-bond acceptors (Lipinski definition) is 3. The highest BCUT2D eigenvalue weighted by atomic mass is 16.4. The van der Waals surface area contributed by atoms with Gasteiger partial charge in [-0.2, -0.15) is 5.26 Å². The number of carbonyl (C=O) groups is 2. The second-order valence-corrected chi connectivity index (χ2v) is 5.22. The lowest BCUT2D eigenvalue weighted by atomic mass is 9.92. The van der Waals surface area contributed by atoms with Gasteiger partial charge in [0.2, 0.25) is 0 Å². The van der Waals surface area contributed by atoms with Crippen LogP contribution in [0, 0.1) is 17.2 Å². The molecule has 1 saturated heterocycles. The van der Waals surface area contributed by atoms with Crippen LogP contribution in [-0.4, -0.2) is 34.6 Å². The van der Waals surface area contributed by atoms with E-state index in [2.05, 4.69) is 5.32 Å². The topological polar surface area (TPSA) is 93.4 Å². The summed E-state index contributed by atoms with van der Waals surface area (Å²) in [5.41, 5.74) is 1.15. The molecule has 2 atom stereocenters. The highest BCUT2D eigenvalue weighted by molar-refractivity contribution is 5.89. The van der Waals surface area contributed by atoms with Gasteiger partial charge >= 0.3 is 12.0 Å². The molecule has 1 fully saturated rings. The number of carboxylic acid groups (broad SMARTS) is 1. The quantitative estimate of drug-likeness (QED) is 0.872. The van der Waals surface area contributed by atoms with Gasteiger partial charge in [-0.1, -0.05) is 0 Å². The van der Waals surface area contributed by atoms with Gasteiger partial charge in [-0.05, 0) is 44.0 Å². The van der Waals surface area contributed by atoms with E-state index in [4.69, 9.17) is 10.4 Å². The molecule has 2 amide bonds. The molecule has 21 heavy (non-hydrogen) atoms. The first kappa shape index (κ1) is 14.9.